The second kappa shape index (κ2) is 8.06. The fourth-order valence-electron chi connectivity index (χ4n) is 3.22. The van der Waals surface area contributed by atoms with E-state index in [2.05, 4.69) is 11.8 Å². The molecule has 1 aliphatic rings. The number of benzene rings is 1. The van der Waals surface area contributed by atoms with Gasteiger partial charge in [-0.15, -0.1) is 0 Å². The lowest BCUT2D eigenvalue weighted by atomic mass is 10.0. The highest BCUT2D eigenvalue weighted by molar-refractivity contribution is 7.91. The molecule has 2 rings (SSSR count). The predicted molar refractivity (Wildman–Crippen MR) is 88.2 cm³/mol. The average Bonchev–Trinajstić information content (AvgIpc) is 2.44. The van der Waals surface area contributed by atoms with Gasteiger partial charge in [-0.3, -0.25) is 0 Å². The van der Waals surface area contributed by atoms with E-state index in [1.54, 1.807) is 12.1 Å². The van der Waals surface area contributed by atoms with Crippen LogP contribution in [-0.4, -0.2) is 44.5 Å². The first-order valence-corrected chi connectivity index (χ1v) is 9.98. The van der Waals surface area contributed by atoms with E-state index < -0.39 is 9.84 Å². The Bertz CT molecular complexity index is 574. The summed E-state index contributed by atoms with van der Waals surface area (Å²) in [5, 5.41) is 0. The van der Waals surface area contributed by atoms with Crippen LogP contribution in [0.15, 0.2) is 24.3 Å². The summed E-state index contributed by atoms with van der Waals surface area (Å²) in [6, 6.07) is 6.72. The van der Waals surface area contributed by atoms with Crippen molar-refractivity contribution in [2.24, 2.45) is 5.92 Å². The van der Waals surface area contributed by atoms with Crippen molar-refractivity contribution < 1.29 is 12.8 Å². The fourth-order valence-corrected chi connectivity index (χ4v) is 4.98. The number of rotatable bonds is 7. The van der Waals surface area contributed by atoms with Crippen molar-refractivity contribution in [3.8, 4) is 0 Å². The summed E-state index contributed by atoms with van der Waals surface area (Å²) in [4.78, 5) is 2.33. The number of hydrogen-bond donors (Lipinski definition) is 0. The van der Waals surface area contributed by atoms with Gasteiger partial charge in [0.05, 0.1) is 11.5 Å². The van der Waals surface area contributed by atoms with Gasteiger partial charge in [0.1, 0.15) is 5.82 Å². The van der Waals surface area contributed by atoms with Crippen molar-refractivity contribution in [1.29, 1.82) is 0 Å². The van der Waals surface area contributed by atoms with Crippen LogP contribution in [0.1, 0.15) is 31.7 Å². The highest BCUT2D eigenvalue weighted by atomic mass is 32.2. The van der Waals surface area contributed by atoms with Crippen LogP contribution in [0, 0.1) is 11.7 Å². The normalized spacial score (nSPS) is 21.1. The van der Waals surface area contributed by atoms with Gasteiger partial charge in [0.2, 0.25) is 0 Å². The molecular formula is C17H26FNO2S. The van der Waals surface area contributed by atoms with E-state index in [4.69, 9.17) is 0 Å². The van der Waals surface area contributed by atoms with E-state index in [-0.39, 0.29) is 11.7 Å². The van der Waals surface area contributed by atoms with Gasteiger partial charge in [0.25, 0.3) is 0 Å². The van der Waals surface area contributed by atoms with E-state index in [1.165, 1.54) is 6.07 Å². The Morgan fingerprint density at radius 2 is 2.14 bits per heavy atom. The molecule has 1 unspecified atom stereocenters. The van der Waals surface area contributed by atoms with E-state index in [1.807, 2.05) is 6.07 Å². The summed E-state index contributed by atoms with van der Waals surface area (Å²) in [5.41, 5.74) is 0.998. The Balaban J connectivity index is 1.89. The van der Waals surface area contributed by atoms with Crippen LogP contribution >= 0.6 is 0 Å². The minimum absolute atomic E-state index is 0.196. The highest BCUT2D eigenvalue weighted by Crippen LogP contribution is 2.20. The molecule has 0 aliphatic carbocycles. The highest BCUT2D eigenvalue weighted by Gasteiger charge is 2.26. The molecule has 1 saturated heterocycles. The van der Waals surface area contributed by atoms with Gasteiger partial charge < -0.3 is 4.90 Å². The molecular weight excluding hydrogens is 301 g/mol. The van der Waals surface area contributed by atoms with E-state index in [9.17, 15) is 12.8 Å². The van der Waals surface area contributed by atoms with E-state index in [0.717, 1.165) is 50.9 Å². The second-order valence-corrected chi connectivity index (χ2v) is 8.53. The van der Waals surface area contributed by atoms with Crippen molar-refractivity contribution in [3.63, 3.8) is 0 Å². The van der Waals surface area contributed by atoms with Gasteiger partial charge in [0, 0.05) is 13.1 Å². The molecule has 1 atom stereocenters. The molecule has 1 fully saturated rings. The van der Waals surface area contributed by atoms with Crippen LogP contribution in [0.2, 0.25) is 0 Å². The third-order valence-corrected chi connectivity index (χ3v) is 6.11. The lowest BCUT2D eigenvalue weighted by molar-refractivity contribution is 0.232. The number of nitrogens with zero attached hydrogens (tertiary/aromatic N) is 1. The maximum Gasteiger partial charge on any atom is 0.150 e. The van der Waals surface area contributed by atoms with Crippen molar-refractivity contribution in [2.45, 2.75) is 32.6 Å². The maximum atomic E-state index is 13.2. The SMILES string of the molecule is CCCN(CCc1cccc(F)c1)CC1CCCS(=O)(=O)C1. The summed E-state index contributed by atoms with van der Waals surface area (Å²) in [6.07, 6.45) is 3.64. The first-order valence-electron chi connectivity index (χ1n) is 8.16. The molecule has 0 aromatic heterocycles. The van der Waals surface area contributed by atoms with Crippen molar-refractivity contribution in [2.75, 3.05) is 31.1 Å². The molecule has 0 spiro atoms. The standard InChI is InChI=1S/C17H26FNO2S/c1-2-9-19(10-8-15-5-3-7-17(18)12-15)13-16-6-4-11-22(20,21)14-16/h3,5,7,12,16H,2,4,6,8-11,13-14H2,1H3. The van der Waals surface area contributed by atoms with Gasteiger partial charge in [-0.2, -0.15) is 0 Å². The fraction of sp³-hybridized carbons (Fsp3) is 0.647. The summed E-state index contributed by atoms with van der Waals surface area (Å²) in [5.74, 6) is 0.726. The average molecular weight is 327 g/mol. The van der Waals surface area contributed by atoms with Crippen molar-refractivity contribution >= 4 is 9.84 Å². The second-order valence-electron chi connectivity index (χ2n) is 6.30. The lowest BCUT2D eigenvalue weighted by Crippen LogP contribution is -2.37. The molecule has 1 aliphatic heterocycles. The first-order chi connectivity index (χ1) is 10.5. The van der Waals surface area contributed by atoms with Crippen LogP contribution in [0.3, 0.4) is 0 Å². The molecule has 1 aromatic carbocycles. The number of sulfone groups is 1. The van der Waals surface area contributed by atoms with E-state index >= 15 is 0 Å². The largest absolute Gasteiger partial charge is 0.303 e. The molecule has 0 amide bonds. The summed E-state index contributed by atoms with van der Waals surface area (Å²) >= 11 is 0. The third kappa shape index (κ3) is 5.69. The molecule has 1 heterocycles. The molecule has 124 valence electrons. The molecule has 0 radical (unpaired) electrons. The number of halogens is 1. The molecule has 1 aromatic rings. The number of hydrogen-bond acceptors (Lipinski definition) is 3. The van der Waals surface area contributed by atoms with Crippen LogP contribution in [0.25, 0.3) is 0 Å². The Hall–Kier alpha value is -0.940. The maximum absolute atomic E-state index is 13.2. The third-order valence-electron chi connectivity index (χ3n) is 4.22. The van der Waals surface area contributed by atoms with Crippen LogP contribution in [0.4, 0.5) is 4.39 Å². The molecule has 0 bridgehead atoms. The van der Waals surface area contributed by atoms with Gasteiger partial charge in [-0.25, -0.2) is 12.8 Å². The smallest absolute Gasteiger partial charge is 0.150 e. The van der Waals surface area contributed by atoms with Crippen LogP contribution in [-0.2, 0) is 16.3 Å². The predicted octanol–water partition coefficient (Wildman–Crippen LogP) is 2.91. The van der Waals surface area contributed by atoms with Gasteiger partial charge >= 0.3 is 0 Å². The summed E-state index contributed by atoms with van der Waals surface area (Å²) in [7, 11) is -2.84. The summed E-state index contributed by atoms with van der Waals surface area (Å²) < 4.78 is 36.7. The zero-order chi connectivity index (χ0) is 16.0. The van der Waals surface area contributed by atoms with Gasteiger partial charge in [-0.05, 0) is 55.8 Å². The van der Waals surface area contributed by atoms with Gasteiger partial charge in [0.15, 0.2) is 9.84 Å². The Kier molecular flexibility index (Phi) is 6.38. The van der Waals surface area contributed by atoms with Crippen molar-refractivity contribution in [1.82, 2.24) is 4.90 Å². The first kappa shape index (κ1) is 17.4. The van der Waals surface area contributed by atoms with E-state index in [0.29, 0.717) is 11.5 Å². The lowest BCUT2D eigenvalue weighted by Gasteiger charge is -2.29. The van der Waals surface area contributed by atoms with Crippen LogP contribution < -0.4 is 0 Å². The molecule has 0 N–H and O–H groups in total. The minimum atomic E-state index is -2.84. The Morgan fingerprint density at radius 3 is 2.82 bits per heavy atom. The Morgan fingerprint density at radius 1 is 1.32 bits per heavy atom. The molecule has 5 heteroatoms. The zero-order valence-corrected chi connectivity index (χ0v) is 14.1. The van der Waals surface area contributed by atoms with Crippen molar-refractivity contribution in [3.05, 3.63) is 35.6 Å². The summed E-state index contributed by atoms with van der Waals surface area (Å²) in [6.45, 7) is 4.79. The Labute approximate surface area is 133 Å². The van der Waals surface area contributed by atoms with Crippen LogP contribution in [0.5, 0.6) is 0 Å². The quantitative estimate of drug-likeness (QED) is 0.773. The topological polar surface area (TPSA) is 37.4 Å². The zero-order valence-electron chi connectivity index (χ0n) is 13.3. The monoisotopic (exact) mass is 327 g/mol. The molecule has 22 heavy (non-hydrogen) atoms. The molecule has 3 nitrogen and oxygen atoms in total. The van der Waals surface area contributed by atoms with Gasteiger partial charge in [-0.1, -0.05) is 19.1 Å². The molecule has 0 saturated carbocycles. The minimum Gasteiger partial charge on any atom is -0.303 e.